The molecule has 2 aromatic heterocycles. The highest BCUT2D eigenvalue weighted by Crippen LogP contribution is 2.43. The quantitative estimate of drug-likeness (QED) is 0.642. The van der Waals surface area contributed by atoms with E-state index in [1.54, 1.807) is 17.0 Å². The molecule has 1 N–H and O–H groups in total. The summed E-state index contributed by atoms with van der Waals surface area (Å²) in [5.41, 5.74) is 1.79. The number of aromatic nitrogens is 3. The molecule has 1 saturated carbocycles. The smallest absolute Gasteiger partial charge is 0.314 e. The normalized spacial score (nSPS) is 17.8. The molecule has 3 heterocycles. The molecule has 0 unspecified atom stereocenters. The lowest BCUT2D eigenvalue weighted by atomic mass is 10.0. The van der Waals surface area contributed by atoms with Crippen LogP contribution in [0.15, 0.2) is 40.9 Å². The van der Waals surface area contributed by atoms with Gasteiger partial charge in [-0.05, 0) is 48.6 Å². The Hall–Kier alpha value is -3.27. The van der Waals surface area contributed by atoms with Crippen LogP contribution in [0.25, 0.3) is 11.5 Å². The largest absolute Gasteiger partial charge is 0.415 e. The monoisotopic (exact) mass is 430 g/mol. The SMILES string of the molecule is O=C1c2cc(-c3nnc(C(F)F)o3)ccc2CN1[C@H](C1CC1)[C@H](O)c1ccc(F)cn1. The fourth-order valence-corrected chi connectivity index (χ4v) is 3.99. The molecule has 3 aromatic rings. The number of aliphatic hydroxyl groups excluding tert-OH is 1. The number of aliphatic hydroxyl groups is 1. The summed E-state index contributed by atoms with van der Waals surface area (Å²) in [6.45, 7) is 0.292. The molecule has 160 valence electrons. The number of fused-ring (bicyclic) bond motifs is 1. The Balaban J connectivity index is 1.43. The van der Waals surface area contributed by atoms with Crippen LogP contribution >= 0.6 is 0 Å². The maximum absolute atomic E-state index is 13.2. The van der Waals surface area contributed by atoms with Crippen LogP contribution in [0.1, 0.15) is 52.9 Å². The molecule has 1 fully saturated rings. The number of carbonyl (C=O) groups excluding carboxylic acids is 1. The molecule has 1 aliphatic heterocycles. The number of rotatable bonds is 6. The Morgan fingerprint density at radius 1 is 1.16 bits per heavy atom. The maximum Gasteiger partial charge on any atom is 0.314 e. The molecule has 0 spiro atoms. The first-order valence-corrected chi connectivity index (χ1v) is 9.77. The van der Waals surface area contributed by atoms with Gasteiger partial charge in [0.25, 0.3) is 11.8 Å². The van der Waals surface area contributed by atoms with Crippen LogP contribution in [-0.2, 0) is 6.54 Å². The van der Waals surface area contributed by atoms with Crippen LogP contribution in [0.2, 0.25) is 0 Å². The van der Waals surface area contributed by atoms with Crippen molar-refractivity contribution in [3.05, 3.63) is 65.1 Å². The number of halogens is 3. The molecule has 1 aromatic carbocycles. The summed E-state index contributed by atoms with van der Waals surface area (Å²) in [4.78, 5) is 18.8. The number of benzene rings is 1. The summed E-state index contributed by atoms with van der Waals surface area (Å²) < 4.78 is 43.7. The van der Waals surface area contributed by atoms with E-state index in [2.05, 4.69) is 15.2 Å². The van der Waals surface area contributed by atoms with Crippen LogP contribution in [-0.4, -0.2) is 37.1 Å². The van der Waals surface area contributed by atoms with E-state index in [0.717, 1.165) is 24.6 Å². The van der Waals surface area contributed by atoms with E-state index in [9.17, 15) is 23.1 Å². The van der Waals surface area contributed by atoms with Gasteiger partial charge in [0, 0.05) is 17.7 Å². The lowest BCUT2D eigenvalue weighted by molar-refractivity contribution is 0.0276. The Kier molecular flexibility index (Phi) is 4.73. The zero-order valence-corrected chi connectivity index (χ0v) is 16.1. The summed E-state index contributed by atoms with van der Waals surface area (Å²) in [6, 6.07) is 7.00. The van der Waals surface area contributed by atoms with Crippen molar-refractivity contribution in [2.24, 2.45) is 5.92 Å². The van der Waals surface area contributed by atoms with Crippen molar-refractivity contribution in [2.75, 3.05) is 0 Å². The number of carbonyl (C=O) groups is 1. The zero-order valence-electron chi connectivity index (χ0n) is 16.1. The first kappa shape index (κ1) is 19.7. The van der Waals surface area contributed by atoms with Crippen molar-refractivity contribution in [1.29, 1.82) is 0 Å². The van der Waals surface area contributed by atoms with Gasteiger partial charge in [0.15, 0.2) is 0 Å². The van der Waals surface area contributed by atoms with Gasteiger partial charge in [-0.1, -0.05) is 6.07 Å². The van der Waals surface area contributed by atoms with E-state index in [1.165, 1.54) is 18.2 Å². The molecular formula is C21H17F3N4O3. The minimum atomic E-state index is -2.88. The van der Waals surface area contributed by atoms with Crippen LogP contribution in [0.4, 0.5) is 13.2 Å². The lowest BCUT2D eigenvalue weighted by Gasteiger charge is -2.31. The standard InChI is InChI=1S/C21H17F3N4O3/c22-13-5-6-15(25-8-13)17(29)16(10-1-2-10)28-9-12-4-3-11(7-14(12)21(28)30)19-26-27-20(31-19)18(23)24/h3-8,10,16-18,29H,1-2,9H2/t16-,17-/m1/s1. The molecule has 31 heavy (non-hydrogen) atoms. The van der Waals surface area contributed by atoms with Gasteiger partial charge in [-0.3, -0.25) is 9.78 Å². The summed E-state index contributed by atoms with van der Waals surface area (Å²) in [5.74, 6) is -1.56. The van der Waals surface area contributed by atoms with Gasteiger partial charge in [-0.2, -0.15) is 8.78 Å². The third kappa shape index (κ3) is 3.56. The summed E-state index contributed by atoms with van der Waals surface area (Å²) in [7, 11) is 0. The average molecular weight is 430 g/mol. The maximum atomic E-state index is 13.2. The van der Waals surface area contributed by atoms with Crippen molar-refractivity contribution in [3.8, 4) is 11.5 Å². The number of nitrogens with zero attached hydrogens (tertiary/aromatic N) is 4. The average Bonchev–Trinajstić information content (AvgIpc) is 3.36. The van der Waals surface area contributed by atoms with E-state index >= 15 is 0 Å². The number of pyridine rings is 1. The van der Waals surface area contributed by atoms with Gasteiger partial charge in [0.05, 0.1) is 17.9 Å². The topological polar surface area (TPSA) is 92.4 Å². The predicted molar refractivity (Wildman–Crippen MR) is 100 cm³/mol. The Morgan fingerprint density at radius 3 is 2.61 bits per heavy atom. The van der Waals surface area contributed by atoms with E-state index in [-0.39, 0.29) is 17.7 Å². The highest BCUT2D eigenvalue weighted by atomic mass is 19.3. The second-order valence-electron chi connectivity index (χ2n) is 7.73. The van der Waals surface area contributed by atoms with Crippen LogP contribution in [0.5, 0.6) is 0 Å². The van der Waals surface area contributed by atoms with Gasteiger partial charge in [0.2, 0.25) is 5.89 Å². The molecule has 1 amide bonds. The minimum absolute atomic E-state index is 0.0985. The van der Waals surface area contributed by atoms with Gasteiger partial charge in [0.1, 0.15) is 11.9 Å². The molecule has 2 aliphatic rings. The second kappa shape index (κ2) is 7.45. The zero-order chi connectivity index (χ0) is 21.7. The summed E-state index contributed by atoms with van der Waals surface area (Å²) >= 11 is 0. The fourth-order valence-electron chi connectivity index (χ4n) is 3.99. The van der Waals surface area contributed by atoms with Crippen molar-refractivity contribution >= 4 is 5.91 Å². The van der Waals surface area contributed by atoms with E-state index in [1.807, 2.05) is 0 Å². The molecule has 2 atom stereocenters. The fraction of sp³-hybridized carbons (Fsp3) is 0.333. The van der Waals surface area contributed by atoms with E-state index < -0.39 is 30.3 Å². The first-order valence-electron chi connectivity index (χ1n) is 9.77. The highest BCUT2D eigenvalue weighted by Gasteiger charge is 2.45. The molecule has 7 nitrogen and oxygen atoms in total. The second-order valence-corrected chi connectivity index (χ2v) is 7.73. The van der Waals surface area contributed by atoms with Gasteiger partial charge in [-0.15, -0.1) is 10.2 Å². The van der Waals surface area contributed by atoms with Crippen LogP contribution in [0, 0.1) is 11.7 Å². The molecule has 10 heteroatoms. The molecule has 0 saturated heterocycles. The number of hydrogen-bond donors (Lipinski definition) is 1. The van der Waals surface area contributed by atoms with Crippen LogP contribution < -0.4 is 0 Å². The Bertz CT molecular complexity index is 1130. The number of amides is 1. The van der Waals surface area contributed by atoms with E-state index in [0.29, 0.717) is 23.4 Å². The first-order chi connectivity index (χ1) is 14.9. The van der Waals surface area contributed by atoms with Crippen molar-refractivity contribution < 1.29 is 27.5 Å². The van der Waals surface area contributed by atoms with Gasteiger partial charge >= 0.3 is 6.43 Å². The molecule has 1 aliphatic carbocycles. The van der Waals surface area contributed by atoms with Gasteiger partial charge in [-0.25, -0.2) is 4.39 Å². The number of alkyl halides is 2. The molecule has 5 rings (SSSR count). The third-order valence-electron chi connectivity index (χ3n) is 5.66. The molecular weight excluding hydrogens is 413 g/mol. The summed E-state index contributed by atoms with van der Waals surface area (Å²) in [5, 5.41) is 17.9. The third-order valence-corrected chi connectivity index (χ3v) is 5.66. The lowest BCUT2D eigenvalue weighted by Crippen LogP contribution is -2.41. The number of hydrogen-bond acceptors (Lipinski definition) is 6. The molecule has 0 bridgehead atoms. The summed E-state index contributed by atoms with van der Waals surface area (Å²) in [6.07, 6.45) is -1.17. The van der Waals surface area contributed by atoms with Crippen molar-refractivity contribution in [2.45, 2.75) is 38.0 Å². The minimum Gasteiger partial charge on any atom is -0.415 e. The molecule has 0 radical (unpaired) electrons. The predicted octanol–water partition coefficient (Wildman–Crippen LogP) is 3.68. The van der Waals surface area contributed by atoms with E-state index in [4.69, 9.17) is 4.42 Å². The van der Waals surface area contributed by atoms with Crippen molar-refractivity contribution in [3.63, 3.8) is 0 Å². The van der Waals surface area contributed by atoms with Crippen LogP contribution in [0.3, 0.4) is 0 Å². The van der Waals surface area contributed by atoms with Gasteiger partial charge < -0.3 is 14.4 Å². The Morgan fingerprint density at radius 2 is 1.97 bits per heavy atom. The Labute approximate surface area is 174 Å². The highest BCUT2D eigenvalue weighted by molar-refractivity contribution is 5.99. The van der Waals surface area contributed by atoms with Crippen molar-refractivity contribution in [1.82, 2.24) is 20.1 Å².